The number of nitrogens with zero attached hydrogens (tertiary/aromatic N) is 2. The summed E-state index contributed by atoms with van der Waals surface area (Å²) < 4.78 is 5.34. The van der Waals surface area contributed by atoms with Crippen LogP contribution in [0.3, 0.4) is 0 Å². The molecule has 0 aliphatic carbocycles. The van der Waals surface area contributed by atoms with Crippen LogP contribution in [0.5, 0.6) is 0 Å². The zero-order valence-corrected chi connectivity index (χ0v) is 18.0. The number of carbonyl (C=O) groups excluding carboxylic acids is 2. The van der Waals surface area contributed by atoms with Crippen LogP contribution >= 0.6 is 0 Å². The summed E-state index contributed by atoms with van der Waals surface area (Å²) in [6, 6.07) is 7.47. The number of hydrogen-bond acceptors (Lipinski definition) is 4. The Hall–Kier alpha value is -2.77. The number of guanidine groups is 1. The summed E-state index contributed by atoms with van der Waals surface area (Å²) in [6.07, 6.45) is 0.438. The highest BCUT2D eigenvalue weighted by Crippen LogP contribution is 2.13. The molecule has 0 spiro atoms. The van der Waals surface area contributed by atoms with Crippen molar-refractivity contribution in [3.63, 3.8) is 0 Å². The summed E-state index contributed by atoms with van der Waals surface area (Å²) in [5, 5.41) is 8.87. The highest BCUT2D eigenvalue weighted by atomic mass is 16.6. The highest BCUT2D eigenvalue weighted by molar-refractivity contribution is 5.94. The second-order valence-corrected chi connectivity index (χ2v) is 8.03. The number of likely N-dealkylation sites (tertiary alicyclic amines) is 1. The first-order chi connectivity index (χ1) is 13.7. The van der Waals surface area contributed by atoms with Crippen molar-refractivity contribution in [2.75, 3.05) is 26.7 Å². The van der Waals surface area contributed by atoms with Gasteiger partial charge >= 0.3 is 6.09 Å². The second kappa shape index (κ2) is 10.1. The summed E-state index contributed by atoms with van der Waals surface area (Å²) in [7, 11) is 1.62. The van der Waals surface area contributed by atoms with Crippen LogP contribution in [0.1, 0.15) is 50.0 Å². The van der Waals surface area contributed by atoms with E-state index in [1.165, 1.54) is 0 Å². The zero-order valence-electron chi connectivity index (χ0n) is 18.0. The third kappa shape index (κ3) is 7.29. The lowest BCUT2D eigenvalue weighted by Crippen LogP contribution is -2.44. The smallest absolute Gasteiger partial charge is 0.407 e. The molecule has 2 rings (SSSR count). The average Bonchev–Trinajstić information content (AvgIpc) is 3.11. The molecule has 1 saturated heterocycles. The van der Waals surface area contributed by atoms with E-state index in [-0.39, 0.29) is 11.9 Å². The Bertz CT molecular complexity index is 742. The molecule has 0 bridgehead atoms. The first kappa shape index (κ1) is 22.5. The minimum Gasteiger partial charge on any atom is -0.444 e. The Labute approximate surface area is 173 Å². The molecule has 160 valence electrons. The topological polar surface area (TPSA) is 95.1 Å². The number of aliphatic imine (C=N–C) groups is 1. The number of amides is 2. The van der Waals surface area contributed by atoms with E-state index in [2.05, 4.69) is 20.9 Å². The van der Waals surface area contributed by atoms with Crippen LogP contribution in [-0.4, -0.2) is 61.2 Å². The maximum absolute atomic E-state index is 12.0. The minimum atomic E-state index is -0.512. The number of carbonyl (C=O) groups is 2. The molecular formula is C21H33N5O3. The molecule has 1 unspecified atom stereocenters. The number of rotatable bonds is 5. The quantitative estimate of drug-likeness (QED) is 0.517. The molecule has 0 radical (unpaired) electrons. The lowest BCUT2D eigenvalue weighted by Gasteiger charge is -2.23. The standard InChI is InChI=1S/C21H33N5O3/c1-6-23-19(24-13-15-8-7-9-16(12-15)18(27)22-5)26-11-10-17(14-26)25-20(28)29-21(2,3)4/h7-9,12,17H,6,10-11,13-14H2,1-5H3,(H,22,27)(H,23,24)(H,25,28). The van der Waals surface area contributed by atoms with E-state index in [9.17, 15) is 9.59 Å². The van der Waals surface area contributed by atoms with Gasteiger partial charge in [-0.25, -0.2) is 9.79 Å². The third-order valence-electron chi connectivity index (χ3n) is 4.37. The van der Waals surface area contributed by atoms with Gasteiger partial charge in [-0.1, -0.05) is 12.1 Å². The molecule has 1 aliphatic heterocycles. The number of alkyl carbamates (subject to hydrolysis) is 1. The summed E-state index contributed by atoms with van der Waals surface area (Å²) in [5.74, 6) is 0.685. The molecule has 1 aliphatic rings. The van der Waals surface area contributed by atoms with Crippen LogP contribution in [0, 0.1) is 0 Å². The highest BCUT2D eigenvalue weighted by Gasteiger charge is 2.27. The molecular weight excluding hydrogens is 370 g/mol. The Morgan fingerprint density at radius 3 is 2.72 bits per heavy atom. The number of ether oxygens (including phenoxy) is 1. The van der Waals surface area contributed by atoms with Gasteiger partial charge in [0.2, 0.25) is 0 Å². The number of hydrogen-bond donors (Lipinski definition) is 3. The molecule has 1 atom stereocenters. The van der Waals surface area contributed by atoms with E-state index < -0.39 is 11.7 Å². The molecule has 1 aromatic carbocycles. The molecule has 1 heterocycles. The van der Waals surface area contributed by atoms with E-state index in [1.54, 1.807) is 13.1 Å². The predicted molar refractivity (Wildman–Crippen MR) is 114 cm³/mol. The minimum absolute atomic E-state index is 0.0188. The van der Waals surface area contributed by atoms with E-state index >= 15 is 0 Å². The van der Waals surface area contributed by atoms with Gasteiger partial charge in [-0.15, -0.1) is 0 Å². The van der Waals surface area contributed by atoms with Gasteiger partial charge < -0.3 is 25.6 Å². The van der Waals surface area contributed by atoms with Gasteiger partial charge in [-0.2, -0.15) is 0 Å². The molecule has 3 N–H and O–H groups in total. The first-order valence-corrected chi connectivity index (χ1v) is 10.1. The van der Waals surface area contributed by atoms with E-state index in [0.29, 0.717) is 18.7 Å². The van der Waals surface area contributed by atoms with Gasteiger partial charge in [-0.05, 0) is 51.8 Å². The molecule has 0 saturated carbocycles. The number of benzene rings is 1. The fraction of sp³-hybridized carbons (Fsp3) is 0.571. The Kier molecular flexibility index (Phi) is 7.87. The van der Waals surface area contributed by atoms with Crippen molar-refractivity contribution in [1.29, 1.82) is 0 Å². The largest absolute Gasteiger partial charge is 0.444 e. The maximum atomic E-state index is 12.0. The van der Waals surface area contributed by atoms with Gasteiger partial charge in [0, 0.05) is 32.2 Å². The predicted octanol–water partition coefficient (Wildman–Crippen LogP) is 2.11. The van der Waals surface area contributed by atoms with Gasteiger partial charge in [0.25, 0.3) is 5.91 Å². The lowest BCUT2D eigenvalue weighted by molar-refractivity contribution is 0.0507. The van der Waals surface area contributed by atoms with Crippen LogP contribution < -0.4 is 16.0 Å². The summed E-state index contributed by atoms with van der Waals surface area (Å²) in [6.45, 7) is 10.3. The molecule has 8 heteroatoms. The van der Waals surface area contributed by atoms with Gasteiger partial charge in [-0.3, -0.25) is 4.79 Å². The van der Waals surface area contributed by atoms with E-state index in [4.69, 9.17) is 9.73 Å². The monoisotopic (exact) mass is 403 g/mol. The molecule has 1 fully saturated rings. The lowest BCUT2D eigenvalue weighted by atomic mass is 10.1. The molecule has 2 amide bonds. The van der Waals surface area contributed by atoms with Crippen LogP contribution in [0.25, 0.3) is 0 Å². The average molecular weight is 404 g/mol. The van der Waals surface area contributed by atoms with Gasteiger partial charge in [0.15, 0.2) is 5.96 Å². The summed E-state index contributed by atoms with van der Waals surface area (Å²) in [4.78, 5) is 30.7. The number of nitrogens with one attached hydrogen (secondary N) is 3. The summed E-state index contributed by atoms with van der Waals surface area (Å²) in [5.41, 5.74) is 1.07. The van der Waals surface area contributed by atoms with Crippen molar-refractivity contribution in [2.45, 2.75) is 52.3 Å². The van der Waals surface area contributed by atoms with Crippen LogP contribution in [0.4, 0.5) is 4.79 Å². The van der Waals surface area contributed by atoms with Crippen molar-refractivity contribution in [3.8, 4) is 0 Å². The van der Waals surface area contributed by atoms with Crippen molar-refractivity contribution in [1.82, 2.24) is 20.9 Å². The van der Waals surface area contributed by atoms with Crippen molar-refractivity contribution >= 4 is 18.0 Å². The van der Waals surface area contributed by atoms with Gasteiger partial charge in [0.05, 0.1) is 12.6 Å². The van der Waals surface area contributed by atoms with Crippen molar-refractivity contribution in [2.24, 2.45) is 4.99 Å². The Morgan fingerprint density at radius 1 is 1.31 bits per heavy atom. The van der Waals surface area contributed by atoms with E-state index in [1.807, 2.05) is 45.9 Å². The summed E-state index contributed by atoms with van der Waals surface area (Å²) >= 11 is 0. The fourth-order valence-electron chi connectivity index (χ4n) is 3.09. The molecule has 0 aromatic heterocycles. The van der Waals surface area contributed by atoms with Gasteiger partial charge in [0.1, 0.15) is 5.60 Å². The van der Waals surface area contributed by atoms with Crippen molar-refractivity contribution in [3.05, 3.63) is 35.4 Å². The maximum Gasteiger partial charge on any atom is 0.407 e. The van der Waals surface area contributed by atoms with Crippen LogP contribution in [0.15, 0.2) is 29.3 Å². The molecule has 1 aromatic rings. The normalized spacial score (nSPS) is 17.1. The molecule has 29 heavy (non-hydrogen) atoms. The van der Waals surface area contributed by atoms with E-state index in [0.717, 1.165) is 31.0 Å². The SMILES string of the molecule is CCNC(=NCc1cccc(C(=O)NC)c1)N1CCC(NC(=O)OC(C)(C)C)C1. The second-order valence-electron chi connectivity index (χ2n) is 8.03. The van der Waals surface area contributed by atoms with Crippen LogP contribution in [-0.2, 0) is 11.3 Å². The molecule has 8 nitrogen and oxygen atoms in total. The van der Waals surface area contributed by atoms with Crippen LogP contribution in [0.2, 0.25) is 0 Å². The fourth-order valence-corrected chi connectivity index (χ4v) is 3.09. The zero-order chi connectivity index (χ0) is 21.4. The first-order valence-electron chi connectivity index (χ1n) is 10.1. The third-order valence-corrected chi connectivity index (χ3v) is 4.37. The Morgan fingerprint density at radius 2 is 2.07 bits per heavy atom. The van der Waals surface area contributed by atoms with Crippen molar-refractivity contribution < 1.29 is 14.3 Å². The Balaban J connectivity index is 1.99.